The third kappa shape index (κ3) is 3.96. The van der Waals surface area contributed by atoms with Gasteiger partial charge in [0.2, 0.25) is 0 Å². The standard InChI is InChI=1S/C15H23NO3/c1-6-19-13-8-10(4)12(7-11(13)5)14(15(17)18)16-9(2)3/h7-9,14,16H,6H2,1-5H3,(H,17,18). The lowest BCUT2D eigenvalue weighted by molar-refractivity contribution is -0.139. The largest absolute Gasteiger partial charge is 0.494 e. The van der Waals surface area contributed by atoms with Gasteiger partial charge in [0.25, 0.3) is 0 Å². The van der Waals surface area contributed by atoms with Crippen LogP contribution < -0.4 is 10.1 Å². The van der Waals surface area contributed by atoms with Crippen molar-refractivity contribution in [3.63, 3.8) is 0 Å². The lowest BCUT2D eigenvalue weighted by atomic mass is 9.97. The Morgan fingerprint density at radius 2 is 1.95 bits per heavy atom. The van der Waals surface area contributed by atoms with E-state index in [0.29, 0.717) is 6.61 Å². The molecule has 0 aliphatic heterocycles. The molecule has 0 bridgehead atoms. The monoisotopic (exact) mass is 265 g/mol. The lowest BCUT2D eigenvalue weighted by Crippen LogP contribution is -2.34. The fourth-order valence-electron chi connectivity index (χ4n) is 2.06. The molecular weight excluding hydrogens is 242 g/mol. The zero-order chi connectivity index (χ0) is 14.6. The summed E-state index contributed by atoms with van der Waals surface area (Å²) in [5.41, 5.74) is 2.68. The van der Waals surface area contributed by atoms with Crippen molar-refractivity contribution in [2.24, 2.45) is 0 Å². The summed E-state index contributed by atoms with van der Waals surface area (Å²) in [6.07, 6.45) is 0. The van der Waals surface area contributed by atoms with Gasteiger partial charge >= 0.3 is 5.97 Å². The molecule has 4 nitrogen and oxygen atoms in total. The van der Waals surface area contributed by atoms with Gasteiger partial charge in [0.05, 0.1) is 6.61 Å². The number of aliphatic carboxylic acids is 1. The molecule has 1 unspecified atom stereocenters. The second-order valence-electron chi connectivity index (χ2n) is 5.00. The van der Waals surface area contributed by atoms with E-state index in [9.17, 15) is 9.90 Å². The summed E-state index contributed by atoms with van der Waals surface area (Å²) in [6, 6.07) is 3.22. The van der Waals surface area contributed by atoms with E-state index in [2.05, 4.69) is 5.32 Å². The van der Waals surface area contributed by atoms with E-state index in [-0.39, 0.29) is 6.04 Å². The third-order valence-corrected chi connectivity index (χ3v) is 2.92. The van der Waals surface area contributed by atoms with Crippen LogP contribution in [0.5, 0.6) is 5.75 Å². The highest BCUT2D eigenvalue weighted by molar-refractivity contribution is 5.76. The van der Waals surface area contributed by atoms with E-state index in [4.69, 9.17) is 4.74 Å². The Bertz CT molecular complexity index is 455. The average Bonchev–Trinajstić information content (AvgIpc) is 2.30. The Balaban J connectivity index is 3.17. The van der Waals surface area contributed by atoms with E-state index in [1.807, 2.05) is 46.8 Å². The molecule has 106 valence electrons. The Morgan fingerprint density at radius 1 is 1.32 bits per heavy atom. The first-order valence-corrected chi connectivity index (χ1v) is 6.59. The van der Waals surface area contributed by atoms with Gasteiger partial charge in [-0.15, -0.1) is 0 Å². The first-order chi connectivity index (χ1) is 8.86. The van der Waals surface area contributed by atoms with Gasteiger partial charge in [0.15, 0.2) is 0 Å². The van der Waals surface area contributed by atoms with Crippen molar-refractivity contribution < 1.29 is 14.6 Å². The van der Waals surface area contributed by atoms with E-state index in [1.54, 1.807) is 0 Å². The molecule has 0 amide bonds. The number of carboxylic acid groups (broad SMARTS) is 1. The molecule has 0 aromatic heterocycles. The van der Waals surface area contributed by atoms with E-state index in [1.165, 1.54) is 0 Å². The van der Waals surface area contributed by atoms with E-state index < -0.39 is 12.0 Å². The van der Waals surface area contributed by atoms with Crippen LogP contribution in [0.15, 0.2) is 12.1 Å². The smallest absolute Gasteiger partial charge is 0.325 e. The van der Waals surface area contributed by atoms with Gasteiger partial charge in [-0.3, -0.25) is 10.1 Å². The molecule has 0 fully saturated rings. The molecule has 4 heteroatoms. The Labute approximate surface area is 114 Å². The van der Waals surface area contributed by atoms with Gasteiger partial charge in [0.1, 0.15) is 11.8 Å². The first kappa shape index (κ1) is 15.5. The molecule has 0 radical (unpaired) electrons. The zero-order valence-corrected chi connectivity index (χ0v) is 12.3. The molecule has 19 heavy (non-hydrogen) atoms. The minimum Gasteiger partial charge on any atom is -0.494 e. The van der Waals surface area contributed by atoms with Crippen molar-refractivity contribution in [2.75, 3.05) is 6.61 Å². The molecular formula is C15H23NO3. The molecule has 0 aliphatic rings. The van der Waals surface area contributed by atoms with Gasteiger partial charge < -0.3 is 9.84 Å². The van der Waals surface area contributed by atoms with Crippen LogP contribution >= 0.6 is 0 Å². The maximum atomic E-state index is 11.4. The number of nitrogens with one attached hydrogen (secondary N) is 1. The number of hydrogen-bond acceptors (Lipinski definition) is 3. The van der Waals surface area contributed by atoms with Crippen LogP contribution in [0.3, 0.4) is 0 Å². The van der Waals surface area contributed by atoms with Crippen molar-refractivity contribution in [3.8, 4) is 5.75 Å². The molecule has 2 N–H and O–H groups in total. The van der Waals surface area contributed by atoms with Crippen molar-refractivity contribution >= 4 is 5.97 Å². The van der Waals surface area contributed by atoms with Crippen molar-refractivity contribution in [1.82, 2.24) is 5.32 Å². The number of ether oxygens (including phenoxy) is 1. The van der Waals surface area contributed by atoms with Gasteiger partial charge in [-0.2, -0.15) is 0 Å². The SMILES string of the molecule is CCOc1cc(C)c(C(NC(C)C)C(=O)O)cc1C. The first-order valence-electron chi connectivity index (χ1n) is 6.59. The highest BCUT2D eigenvalue weighted by atomic mass is 16.5. The van der Waals surface area contributed by atoms with E-state index in [0.717, 1.165) is 22.4 Å². The Kier molecular flexibility index (Phi) is 5.36. The Morgan fingerprint density at radius 3 is 2.42 bits per heavy atom. The molecule has 1 rings (SSSR count). The summed E-state index contributed by atoms with van der Waals surface area (Å²) < 4.78 is 5.53. The minimum absolute atomic E-state index is 0.104. The number of benzene rings is 1. The number of carboxylic acids is 1. The fourth-order valence-corrected chi connectivity index (χ4v) is 2.06. The van der Waals surface area contributed by atoms with Gasteiger partial charge in [0, 0.05) is 6.04 Å². The molecule has 0 saturated heterocycles. The zero-order valence-electron chi connectivity index (χ0n) is 12.3. The predicted molar refractivity (Wildman–Crippen MR) is 75.7 cm³/mol. The second-order valence-corrected chi connectivity index (χ2v) is 5.00. The lowest BCUT2D eigenvalue weighted by Gasteiger charge is -2.21. The molecule has 0 heterocycles. The van der Waals surface area contributed by atoms with Crippen LogP contribution in [-0.4, -0.2) is 23.7 Å². The van der Waals surface area contributed by atoms with Gasteiger partial charge in [-0.05, 0) is 63.4 Å². The summed E-state index contributed by atoms with van der Waals surface area (Å²) >= 11 is 0. The number of hydrogen-bond donors (Lipinski definition) is 2. The van der Waals surface area contributed by atoms with Crippen molar-refractivity contribution in [3.05, 3.63) is 28.8 Å². The Hall–Kier alpha value is -1.55. The quantitative estimate of drug-likeness (QED) is 0.830. The number of rotatable bonds is 6. The summed E-state index contributed by atoms with van der Waals surface area (Å²) in [4.78, 5) is 11.4. The van der Waals surface area contributed by atoms with E-state index >= 15 is 0 Å². The molecule has 1 atom stereocenters. The van der Waals surface area contributed by atoms with Crippen molar-refractivity contribution in [2.45, 2.75) is 46.7 Å². The van der Waals surface area contributed by atoms with Crippen LogP contribution in [0.4, 0.5) is 0 Å². The molecule has 0 saturated carbocycles. The van der Waals surface area contributed by atoms with Gasteiger partial charge in [-0.25, -0.2) is 0 Å². The van der Waals surface area contributed by atoms with Crippen LogP contribution in [-0.2, 0) is 4.79 Å². The van der Waals surface area contributed by atoms with Crippen molar-refractivity contribution in [1.29, 1.82) is 0 Å². The highest BCUT2D eigenvalue weighted by Gasteiger charge is 2.23. The fraction of sp³-hybridized carbons (Fsp3) is 0.533. The minimum atomic E-state index is -0.861. The number of aryl methyl sites for hydroxylation is 2. The summed E-state index contributed by atoms with van der Waals surface area (Å²) in [6.45, 7) is 10.3. The maximum absolute atomic E-state index is 11.4. The molecule has 0 spiro atoms. The second kappa shape index (κ2) is 6.57. The molecule has 1 aromatic rings. The highest BCUT2D eigenvalue weighted by Crippen LogP contribution is 2.27. The average molecular weight is 265 g/mol. The normalized spacial score (nSPS) is 12.5. The summed E-state index contributed by atoms with van der Waals surface area (Å²) in [5, 5.41) is 12.4. The maximum Gasteiger partial charge on any atom is 0.325 e. The van der Waals surface area contributed by atoms with Gasteiger partial charge in [-0.1, -0.05) is 0 Å². The third-order valence-electron chi connectivity index (χ3n) is 2.92. The molecule has 1 aromatic carbocycles. The summed E-state index contributed by atoms with van der Waals surface area (Å²) in [7, 11) is 0. The topological polar surface area (TPSA) is 58.6 Å². The number of carbonyl (C=O) groups is 1. The van der Waals surface area contributed by atoms with Crippen LogP contribution in [0.25, 0.3) is 0 Å². The van der Waals surface area contributed by atoms with Crippen LogP contribution in [0, 0.1) is 13.8 Å². The summed E-state index contributed by atoms with van der Waals surface area (Å²) in [5.74, 6) is -0.0437. The van der Waals surface area contributed by atoms with Crippen LogP contribution in [0.2, 0.25) is 0 Å². The predicted octanol–water partition coefficient (Wildman–Crippen LogP) is 2.83. The molecule has 0 aliphatic carbocycles. The van der Waals surface area contributed by atoms with Crippen LogP contribution in [0.1, 0.15) is 43.5 Å².